The summed E-state index contributed by atoms with van der Waals surface area (Å²) in [4.78, 5) is 19.8. The Bertz CT molecular complexity index is 1030. The molecule has 4 rings (SSSR count). The van der Waals surface area contributed by atoms with Crippen molar-refractivity contribution in [3.63, 3.8) is 0 Å². The second-order valence-electron chi connectivity index (χ2n) is 7.28. The van der Waals surface area contributed by atoms with Crippen molar-refractivity contribution >= 4 is 38.3 Å². The highest BCUT2D eigenvalue weighted by Gasteiger charge is 2.27. The van der Waals surface area contributed by atoms with E-state index in [2.05, 4.69) is 10.2 Å². The number of nitrogens with zero attached hydrogens (tertiary/aromatic N) is 2. The minimum Gasteiger partial charge on any atom is -0.497 e. The zero-order valence-electron chi connectivity index (χ0n) is 16.9. The summed E-state index contributed by atoms with van der Waals surface area (Å²) in [5.41, 5.74) is 2.81. The fourth-order valence-electron chi connectivity index (χ4n) is 3.64. The standard InChI is InChI=1S/C22H25N3O3S/c1-14-4-7-19(28-3)18(12-14)23-21(26)15-8-10-25(11-9-15)22-24-17-6-5-16(27-2)13-20(17)29-22/h4-7,12-13,15H,8-11H2,1-3H3,(H,23,26). The molecule has 29 heavy (non-hydrogen) atoms. The lowest BCUT2D eigenvalue weighted by atomic mass is 9.96. The van der Waals surface area contributed by atoms with Gasteiger partial charge in [0.25, 0.3) is 0 Å². The van der Waals surface area contributed by atoms with Crippen LogP contribution in [0.5, 0.6) is 11.5 Å². The topological polar surface area (TPSA) is 63.7 Å². The molecule has 1 amide bonds. The van der Waals surface area contributed by atoms with Crippen molar-refractivity contribution in [1.29, 1.82) is 0 Å². The van der Waals surface area contributed by atoms with E-state index in [-0.39, 0.29) is 11.8 Å². The molecule has 0 saturated carbocycles. The molecular weight excluding hydrogens is 386 g/mol. The second kappa shape index (κ2) is 8.29. The van der Waals surface area contributed by atoms with Crippen LogP contribution in [-0.2, 0) is 4.79 Å². The third kappa shape index (κ3) is 4.15. The molecule has 0 spiro atoms. The Kier molecular flexibility index (Phi) is 5.58. The van der Waals surface area contributed by atoms with Crippen molar-refractivity contribution in [3.8, 4) is 11.5 Å². The minimum absolute atomic E-state index is 0.00839. The first-order valence-electron chi connectivity index (χ1n) is 9.72. The summed E-state index contributed by atoms with van der Waals surface area (Å²) in [6.45, 7) is 3.64. The first-order chi connectivity index (χ1) is 14.1. The fraction of sp³-hybridized carbons (Fsp3) is 0.364. The fourth-order valence-corrected chi connectivity index (χ4v) is 4.69. The van der Waals surface area contributed by atoms with E-state index in [4.69, 9.17) is 14.5 Å². The van der Waals surface area contributed by atoms with Gasteiger partial charge in [0.15, 0.2) is 5.13 Å². The first-order valence-corrected chi connectivity index (χ1v) is 10.5. The zero-order chi connectivity index (χ0) is 20.4. The van der Waals surface area contributed by atoms with E-state index in [1.165, 1.54) is 0 Å². The Balaban J connectivity index is 1.40. The lowest BCUT2D eigenvalue weighted by Crippen LogP contribution is -2.38. The van der Waals surface area contributed by atoms with E-state index in [1.807, 2.05) is 43.3 Å². The van der Waals surface area contributed by atoms with Gasteiger partial charge in [0.2, 0.25) is 5.91 Å². The average molecular weight is 412 g/mol. The summed E-state index contributed by atoms with van der Waals surface area (Å²) in [7, 11) is 3.29. The third-order valence-corrected chi connectivity index (χ3v) is 6.41. The molecule has 0 atom stereocenters. The molecule has 1 aliphatic rings. The van der Waals surface area contributed by atoms with E-state index in [9.17, 15) is 4.79 Å². The number of methoxy groups -OCH3 is 2. The number of anilines is 2. The van der Waals surface area contributed by atoms with Gasteiger partial charge in [-0.05, 0) is 55.7 Å². The second-order valence-corrected chi connectivity index (χ2v) is 8.29. The predicted octanol–water partition coefficient (Wildman–Crippen LogP) is 4.48. The van der Waals surface area contributed by atoms with Crippen molar-refractivity contribution in [1.82, 2.24) is 4.98 Å². The molecule has 6 nitrogen and oxygen atoms in total. The van der Waals surface area contributed by atoms with Crippen LogP contribution in [0.25, 0.3) is 10.2 Å². The molecule has 7 heteroatoms. The Morgan fingerprint density at radius 1 is 1.14 bits per heavy atom. The number of carbonyl (C=O) groups is 1. The SMILES string of the molecule is COc1ccc2nc(N3CCC(C(=O)Nc4cc(C)ccc4OC)CC3)sc2c1. The van der Waals surface area contributed by atoms with Crippen LogP contribution >= 0.6 is 11.3 Å². The van der Waals surface area contributed by atoms with Crippen LogP contribution in [0.3, 0.4) is 0 Å². The van der Waals surface area contributed by atoms with Crippen LogP contribution in [0.1, 0.15) is 18.4 Å². The van der Waals surface area contributed by atoms with E-state index in [0.29, 0.717) is 5.75 Å². The number of thiazole rings is 1. The molecule has 0 bridgehead atoms. The number of hydrogen-bond acceptors (Lipinski definition) is 6. The van der Waals surface area contributed by atoms with E-state index >= 15 is 0 Å². The molecule has 0 aliphatic carbocycles. The molecule has 2 heterocycles. The number of benzene rings is 2. The van der Waals surface area contributed by atoms with Gasteiger partial charge in [0, 0.05) is 19.0 Å². The van der Waals surface area contributed by atoms with Crippen LogP contribution in [0.2, 0.25) is 0 Å². The Hall–Kier alpha value is -2.80. The molecule has 0 radical (unpaired) electrons. The number of amides is 1. The highest BCUT2D eigenvalue weighted by Crippen LogP contribution is 2.34. The zero-order valence-corrected chi connectivity index (χ0v) is 17.7. The summed E-state index contributed by atoms with van der Waals surface area (Å²) in [5.74, 6) is 1.58. The van der Waals surface area contributed by atoms with Gasteiger partial charge in [-0.1, -0.05) is 17.4 Å². The Labute approximate surface area is 174 Å². The highest BCUT2D eigenvalue weighted by atomic mass is 32.1. The molecule has 152 valence electrons. The number of aryl methyl sites for hydroxylation is 1. The summed E-state index contributed by atoms with van der Waals surface area (Å²) in [5, 5.41) is 4.06. The van der Waals surface area contributed by atoms with Crippen LogP contribution < -0.4 is 19.7 Å². The predicted molar refractivity (Wildman–Crippen MR) is 117 cm³/mol. The van der Waals surface area contributed by atoms with Crippen LogP contribution in [-0.4, -0.2) is 38.2 Å². The smallest absolute Gasteiger partial charge is 0.227 e. The summed E-state index contributed by atoms with van der Waals surface area (Å²) < 4.78 is 11.8. The Morgan fingerprint density at radius 3 is 2.66 bits per heavy atom. The number of rotatable bonds is 5. The number of carbonyl (C=O) groups excluding carboxylic acids is 1. The molecule has 3 aromatic rings. The summed E-state index contributed by atoms with van der Waals surface area (Å²) in [6.07, 6.45) is 1.61. The van der Waals surface area contributed by atoms with Crippen molar-refractivity contribution in [2.75, 3.05) is 37.5 Å². The molecule has 0 unspecified atom stereocenters. The normalized spacial score (nSPS) is 14.8. The number of ether oxygens (including phenoxy) is 2. The van der Waals surface area contributed by atoms with Gasteiger partial charge < -0.3 is 19.7 Å². The number of piperidine rings is 1. The highest BCUT2D eigenvalue weighted by molar-refractivity contribution is 7.22. The van der Waals surface area contributed by atoms with Gasteiger partial charge in [-0.3, -0.25) is 4.79 Å². The van der Waals surface area contributed by atoms with E-state index < -0.39 is 0 Å². The lowest BCUT2D eigenvalue weighted by Gasteiger charge is -2.31. The molecule has 1 N–H and O–H groups in total. The maximum absolute atomic E-state index is 12.8. The monoisotopic (exact) mass is 411 g/mol. The number of fused-ring (bicyclic) bond motifs is 1. The first kappa shape index (κ1) is 19.5. The van der Waals surface area contributed by atoms with Gasteiger partial charge in [-0.25, -0.2) is 4.98 Å². The van der Waals surface area contributed by atoms with Gasteiger partial charge in [-0.15, -0.1) is 0 Å². The van der Waals surface area contributed by atoms with Gasteiger partial charge >= 0.3 is 0 Å². The molecule has 1 fully saturated rings. The quantitative estimate of drug-likeness (QED) is 0.671. The van der Waals surface area contributed by atoms with Crippen molar-refractivity contribution < 1.29 is 14.3 Å². The average Bonchev–Trinajstić information content (AvgIpc) is 3.17. The number of aromatic nitrogens is 1. The molecular formula is C22H25N3O3S. The van der Waals surface area contributed by atoms with Gasteiger partial charge in [0.05, 0.1) is 30.1 Å². The van der Waals surface area contributed by atoms with Gasteiger partial charge in [-0.2, -0.15) is 0 Å². The lowest BCUT2D eigenvalue weighted by molar-refractivity contribution is -0.120. The van der Waals surface area contributed by atoms with Crippen LogP contribution in [0, 0.1) is 12.8 Å². The maximum atomic E-state index is 12.8. The van der Waals surface area contributed by atoms with Gasteiger partial charge in [0.1, 0.15) is 11.5 Å². The van der Waals surface area contributed by atoms with Crippen LogP contribution in [0.15, 0.2) is 36.4 Å². The third-order valence-electron chi connectivity index (χ3n) is 5.33. The molecule has 1 saturated heterocycles. The van der Waals surface area contributed by atoms with Crippen molar-refractivity contribution in [3.05, 3.63) is 42.0 Å². The summed E-state index contributed by atoms with van der Waals surface area (Å²) in [6, 6.07) is 11.7. The van der Waals surface area contributed by atoms with E-state index in [1.54, 1.807) is 25.6 Å². The van der Waals surface area contributed by atoms with Crippen LogP contribution in [0.4, 0.5) is 10.8 Å². The largest absolute Gasteiger partial charge is 0.497 e. The Morgan fingerprint density at radius 2 is 1.93 bits per heavy atom. The maximum Gasteiger partial charge on any atom is 0.227 e. The minimum atomic E-state index is -0.00839. The van der Waals surface area contributed by atoms with E-state index in [0.717, 1.165) is 58.3 Å². The van der Waals surface area contributed by atoms with Crippen molar-refractivity contribution in [2.24, 2.45) is 5.92 Å². The molecule has 1 aliphatic heterocycles. The number of nitrogens with one attached hydrogen (secondary N) is 1. The summed E-state index contributed by atoms with van der Waals surface area (Å²) >= 11 is 1.67. The number of hydrogen-bond donors (Lipinski definition) is 1. The molecule has 1 aromatic heterocycles. The molecule has 2 aromatic carbocycles. The van der Waals surface area contributed by atoms with Crippen molar-refractivity contribution in [2.45, 2.75) is 19.8 Å².